The summed E-state index contributed by atoms with van der Waals surface area (Å²) in [6, 6.07) is 3.77. The van der Waals surface area contributed by atoms with Gasteiger partial charge in [-0.25, -0.2) is 0 Å². The number of rotatable bonds is 5. The van der Waals surface area contributed by atoms with E-state index in [9.17, 15) is 4.79 Å². The van der Waals surface area contributed by atoms with Crippen molar-refractivity contribution in [2.24, 2.45) is 17.8 Å². The molecule has 2 heterocycles. The molecule has 140 valence electrons. The van der Waals surface area contributed by atoms with E-state index in [4.69, 9.17) is 16.0 Å². The number of aryl methyl sites for hydroxylation is 1. The van der Waals surface area contributed by atoms with Crippen LogP contribution in [0.25, 0.3) is 0 Å². The molecule has 0 radical (unpaired) electrons. The molecule has 4 atom stereocenters. The number of nitrogens with one attached hydrogen (secondary N) is 1. The molecule has 2 saturated carbocycles. The first kappa shape index (κ1) is 17.7. The highest BCUT2D eigenvalue weighted by Gasteiger charge is 2.42. The summed E-state index contributed by atoms with van der Waals surface area (Å²) in [6.45, 7) is 6.40. The van der Waals surface area contributed by atoms with Crippen LogP contribution in [0.3, 0.4) is 0 Å². The first-order valence-electron chi connectivity index (χ1n) is 9.51. The second kappa shape index (κ2) is 6.76. The average molecular weight is 376 g/mol. The molecule has 4 rings (SSSR count). The van der Waals surface area contributed by atoms with E-state index in [2.05, 4.69) is 17.3 Å². The molecule has 2 aromatic rings. The smallest absolute Gasteiger partial charge is 0.287 e. The maximum Gasteiger partial charge on any atom is 0.287 e. The van der Waals surface area contributed by atoms with Crippen molar-refractivity contribution in [2.75, 3.05) is 0 Å². The van der Waals surface area contributed by atoms with Crippen LogP contribution in [0.15, 0.2) is 16.5 Å². The van der Waals surface area contributed by atoms with E-state index in [0.29, 0.717) is 29.0 Å². The molecular formula is C20H26ClN3O2. The fourth-order valence-electron chi connectivity index (χ4n) is 4.85. The largest absolute Gasteiger partial charge is 0.454 e. The van der Waals surface area contributed by atoms with Crippen LogP contribution < -0.4 is 5.32 Å². The van der Waals surface area contributed by atoms with Crippen LogP contribution >= 0.6 is 11.6 Å². The first-order valence-corrected chi connectivity index (χ1v) is 9.89. The lowest BCUT2D eigenvalue weighted by Gasteiger charge is -2.28. The molecule has 2 bridgehead atoms. The van der Waals surface area contributed by atoms with E-state index in [0.717, 1.165) is 23.2 Å². The van der Waals surface area contributed by atoms with Gasteiger partial charge in [0.1, 0.15) is 5.76 Å². The van der Waals surface area contributed by atoms with Crippen LogP contribution in [0.2, 0.25) is 5.02 Å². The van der Waals surface area contributed by atoms with E-state index in [1.807, 2.05) is 19.9 Å². The number of furan rings is 1. The molecule has 0 aliphatic heterocycles. The number of nitrogens with zero attached hydrogens (tertiary/aromatic N) is 2. The molecule has 0 unspecified atom stereocenters. The van der Waals surface area contributed by atoms with Gasteiger partial charge in [-0.3, -0.25) is 9.48 Å². The average Bonchev–Trinajstić information content (AvgIpc) is 3.38. The Labute approximate surface area is 159 Å². The number of amides is 1. The number of halogens is 1. The normalized spacial score (nSPS) is 25.6. The monoisotopic (exact) mass is 375 g/mol. The van der Waals surface area contributed by atoms with Crippen molar-refractivity contribution in [3.63, 3.8) is 0 Å². The Morgan fingerprint density at radius 3 is 2.81 bits per heavy atom. The summed E-state index contributed by atoms with van der Waals surface area (Å²) in [4.78, 5) is 12.6. The summed E-state index contributed by atoms with van der Waals surface area (Å²) < 4.78 is 7.56. The summed E-state index contributed by atoms with van der Waals surface area (Å²) in [5, 5.41) is 8.23. The summed E-state index contributed by atoms with van der Waals surface area (Å²) in [5.41, 5.74) is 1.70. The van der Waals surface area contributed by atoms with Gasteiger partial charge in [0, 0.05) is 6.04 Å². The van der Waals surface area contributed by atoms with Crippen LogP contribution in [0.4, 0.5) is 0 Å². The molecule has 0 aromatic carbocycles. The lowest BCUT2D eigenvalue weighted by molar-refractivity contribution is 0.0885. The lowest BCUT2D eigenvalue weighted by Crippen LogP contribution is -2.40. The van der Waals surface area contributed by atoms with Gasteiger partial charge in [-0.1, -0.05) is 18.0 Å². The minimum atomic E-state index is -0.127. The van der Waals surface area contributed by atoms with Gasteiger partial charge < -0.3 is 9.73 Å². The number of fused-ring (bicyclic) bond motifs is 2. The third-order valence-corrected chi connectivity index (χ3v) is 6.83. The van der Waals surface area contributed by atoms with Gasteiger partial charge >= 0.3 is 0 Å². The molecule has 1 amide bonds. The predicted octanol–water partition coefficient (Wildman–Crippen LogP) is 4.35. The quantitative estimate of drug-likeness (QED) is 0.845. The van der Waals surface area contributed by atoms with E-state index in [-0.39, 0.29) is 11.9 Å². The van der Waals surface area contributed by atoms with Crippen LogP contribution in [0.5, 0.6) is 0 Å². The van der Waals surface area contributed by atoms with Gasteiger partial charge in [-0.2, -0.15) is 5.10 Å². The number of carbonyl (C=O) groups is 1. The van der Waals surface area contributed by atoms with Crippen molar-refractivity contribution in [3.8, 4) is 0 Å². The number of carbonyl (C=O) groups excluding carboxylic acids is 1. The molecule has 26 heavy (non-hydrogen) atoms. The highest BCUT2D eigenvalue weighted by atomic mass is 35.5. The second-order valence-corrected chi connectivity index (χ2v) is 8.39. The minimum Gasteiger partial charge on any atom is -0.454 e. The maximum atomic E-state index is 12.6. The van der Waals surface area contributed by atoms with E-state index in [1.54, 1.807) is 10.7 Å². The van der Waals surface area contributed by atoms with Gasteiger partial charge in [-0.15, -0.1) is 0 Å². The third kappa shape index (κ3) is 3.18. The van der Waals surface area contributed by atoms with Crippen molar-refractivity contribution >= 4 is 17.5 Å². The van der Waals surface area contributed by atoms with Crippen LogP contribution in [-0.4, -0.2) is 21.7 Å². The molecule has 5 nitrogen and oxygen atoms in total. The topological polar surface area (TPSA) is 60.1 Å². The standard InChI is InChI=1S/C20H26ClN3O2/c1-11(17-9-14-4-5-15(17)8-14)22-20(25)18-7-6-16(26-18)10-24-13(3)19(21)12(2)23-24/h6-7,11,14-15,17H,4-5,8-10H2,1-3H3,(H,22,25)/t11-,14+,15+,17+/m1/s1. The van der Waals surface area contributed by atoms with Gasteiger partial charge in [0.2, 0.25) is 0 Å². The van der Waals surface area contributed by atoms with Gasteiger partial charge in [0.05, 0.1) is 23.0 Å². The lowest BCUT2D eigenvalue weighted by atomic mass is 9.84. The van der Waals surface area contributed by atoms with E-state index < -0.39 is 0 Å². The summed E-state index contributed by atoms with van der Waals surface area (Å²) in [5.74, 6) is 3.22. The van der Waals surface area contributed by atoms with Crippen molar-refractivity contribution < 1.29 is 9.21 Å². The molecule has 2 fully saturated rings. The summed E-state index contributed by atoms with van der Waals surface area (Å²) >= 11 is 6.19. The summed E-state index contributed by atoms with van der Waals surface area (Å²) in [7, 11) is 0. The Kier molecular flexibility index (Phi) is 4.59. The second-order valence-electron chi connectivity index (χ2n) is 8.01. The molecule has 0 spiro atoms. The zero-order chi connectivity index (χ0) is 18.4. The fourth-order valence-corrected chi connectivity index (χ4v) is 4.99. The van der Waals surface area contributed by atoms with Crippen molar-refractivity contribution in [1.82, 2.24) is 15.1 Å². The Bertz CT molecular complexity index is 825. The maximum absolute atomic E-state index is 12.6. The van der Waals surface area contributed by atoms with Crippen LogP contribution in [0.1, 0.15) is 60.3 Å². The molecule has 1 N–H and O–H groups in total. The number of hydrogen-bond donors (Lipinski definition) is 1. The highest BCUT2D eigenvalue weighted by molar-refractivity contribution is 6.31. The number of aromatic nitrogens is 2. The molecule has 6 heteroatoms. The fraction of sp³-hybridized carbons (Fsp3) is 0.600. The number of hydrogen-bond acceptors (Lipinski definition) is 3. The zero-order valence-electron chi connectivity index (χ0n) is 15.6. The Morgan fingerprint density at radius 1 is 1.38 bits per heavy atom. The molecule has 2 aliphatic carbocycles. The molecule has 0 saturated heterocycles. The highest BCUT2D eigenvalue weighted by Crippen LogP contribution is 2.49. The molecular weight excluding hydrogens is 350 g/mol. The van der Waals surface area contributed by atoms with E-state index >= 15 is 0 Å². The van der Waals surface area contributed by atoms with Gasteiger partial charge in [0.15, 0.2) is 5.76 Å². The van der Waals surface area contributed by atoms with E-state index in [1.165, 1.54) is 25.7 Å². The summed E-state index contributed by atoms with van der Waals surface area (Å²) in [6.07, 6.45) is 5.31. The van der Waals surface area contributed by atoms with Crippen molar-refractivity contribution in [2.45, 2.75) is 59.0 Å². The minimum absolute atomic E-state index is 0.127. The molecule has 2 aromatic heterocycles. The SMILES string of the molecule is Cc1nn(Cc2ccc(C(=O)N[C@H](C)[C@@H]3C[C@H]4CC[C@H]3C4)o2)c(C)c1Cl. The Balaban J connectivity index is 1.39. The zero-order valence-corrected chi connectivity index (χ0v) is 16.3. The Morgan fingerprint density at radius 2 is 2.19 bits per heavy atom. The van der Waals surface area contributed by atoms with Gasteiger partial charge in [-0.05, 0) is 69.9 Å². The third-order valence-electron chi connectivity index (χ3n) is 6.28. The predicted molar refractivity (Wildman–Crippen MR) is 100 cm³/mol. The van der Waals surface area contributed by atoms with Crippen LogP contribution in [-0.2, 0) is 6.54 Å². The van der Waals surface area contributed by atoms with Gasteiger partial charge in [0.25, 0.3) is 5.91 Å². The Hall–Kier alpha value is -1.75. The van der Waals surface area contributed by atoms with Crippen molar-refractivity contribution in [1.29, 1.82) is 0 Å². The molecule has 2 aliphatic rings. The van der Waals surface area contributed by atoms with Crippen molar-refractivity contribution in [3.05, 3.63) is 40.1 Å². The van der Waals surface area contributed by atoms with Crippen LogP contribution in [0, 0.1) is 31.6 Å². The first-order chi connectivity index (χ1) is 12.4.